The summed E-state index contributed by atoms with van der Waals surface area (Å²) in [6.07, 6.45) is 1.40. The van der Waals surface area contributed by atoms with Gasteiger partial charge in [0, 0.05) is 31.7 Å². The lowest BCUT2D eigenvalue weighted by atomic mass is 10.2. The van der Waals surface area contributed by atoms with E-state index in [-0.39, 0.29) is 11.9 Å². The monoisotopic (exact) mass is 442 g/mol. The van der Waals surface area contributed by atoms with Crippen LogP contribution in [0.1, 0.15) is 12.5 Å². The number of hydrogen-bond donors (Lipinski definition) is 0. The average Bonchev–Trinajstić information content (AvgIpc) is 2.76. The molecule has 2 heterocycles. The molecule has 162 valence electrons. The first-order chi connectivity index (χ1) is 14.8. The molecule has 0 N–H and O–H groups in total. The maximum absolute atomic E-state index is 13.1. The molecule has 2 aromatic carbocycles. The highest BCUT2D eigenvalue weighted by Crippen LogP contribution is 2.26. The molecule has 1 unspecified atom stereocenters. The minimum absolute atomic E-state index is 0.239. The van der Waals surface area contributed by atoms with Crippen LogP contribution in [0.2, 0.25) is 0 Å². The van der Waals surface area contributed by atoms with Crippen molar-refractivity contribution in [1.29, 1.82) is 0 Å². The van der Waals surface area contributed by atoms with E-state index >= 15 is 0 Å². The van der Waals surface area contributed by atoms with E-state index in [0.29, 0.717) is 42.0 Å². The molecule has 7 nitrogen and oxygen atoms in total. The fourth-order valence-corrected chi connectivity index (χ4v) is 5.15. The van der Waals surface area contributed by atoms with Gasteiger partial charge in [-0.1, -0.05) is 17.7 Å². The van der Waals surface area contributed by atoms with Gasteiger partial charge in [-0.15, -0.1) is 0 Å². The third kappa shape index (κ3) is 4.67. The van der Waals surface area contributed by atoms with Crippen LogP contribution in [-0.4, -0.2) is 48.4 Å². The molecule has 1 aliphatic rings. The normalized spacial score (nSPS) is 17.5. The molecule has 4 rings (SSSR count). The molecule has 1 aromatic heterocycles. The molecule has 1 saturated heterocycles. The topological polar surface area (TPSA) is 75.6 Å². The molecule has 0 aliphatic carbocycles. The Morgan fingerprint density at radius 3 is 2.42 bits per heavy atom. The van der Waals surface area contributed by atoms with Crippen LogP contribution in [0.5, 0.6) is 11.6 Å². The first kappa shape index (κ1) is 21.2. The number of piperazine rings is 1. The second kappa shape index (κ2) is 8.60. The van der Waals surface area contributed by atoms with E-state index in [1.54, 1.807) is 30.3 Å². The van der Waals surface area contributed by atoms with Crippen LogP contribution in [0.25, 0.3) is 0 Å². The van der Waals surface area contributed by atoms with E-state index in [1.807, 2.05) is 18.7 Å². The van der Waals surface area contributed by atoms with Crippen molar-refractivity contribution in [3.63, 3.8) is 0 Å². The Balaban J connectivity index is 1.47. The first-order valence-electron chi connectivity index (χ1n) is 9.92. The summed E-state index contributed by atoms with van der Waals surface area (Å²) in [4.78, 5) is 10.7. The third-order valence-corrected chi connectivity index (χ3v) is 7.21. The van der Waals surface area contributed by atoms with Crippen LogP contribution in [0, 0.1) is 12.7 Å². The van der Waals surface area contributed by atoms with Crippen molar-refractivity contribution in [1.82, 2.24) is 14.3 Å². The van der Waals surface area contributed by atoms with Gasteiger partial charge >= 0.3 is 0 Å². The molecule has 0 saturated carbocycles. The molecule has 9 heteroatoms. The minimum atomic E-state index is -3.57. The van der Waals surface area contributed by atoms with Crippen molar-refractivity contribution in [2.45, 2.75) is 24.8 Å². The van der Waals surface area contributed by atoms with Crippen molar-refractivity contribution < 1.29 is 17.5 Å². The van der Waals surface area contributed by atoms with E-state index in [9.17, 15) is 12.8 Å². The van der Waals surface area contributed by atoms with Gasteiger partial charge in [0.15, 0.2) is 0 Å². The van der Waals surface area contributed by atoms with E-state index in [0.717, 1.165) is 5.56 Å². The van der Waals surface area contributed by atoms with Crippen molar-refractivity contribution in [3.05, 3.63) is 72.3 Å². The van der Waals surface area contributed by atoms with Gasteiger partial charge in [0.05, 0.1) is 4.90 Å². The molecule has 31 heavy (non-hydrogen) atoms. The van der Waals surface area contributed by atoms with Gasteiger partial charge in [0.1, 0.15) is 23.7 Å². The van der Waals surface area contributed by atoms with Gasteiger partial charge in [0.2, 0.25) is 15.9 Å². The number of nitrogens with zero attached hydrogens (tertiary/aromatic N) is 4. The van der Waals surface area contributed by atoms with Crippen molar-refractivity contribution >= 4 is 15.8 Å². The zero-order chi connectivity index (χ0) is 22.0. The molecule has 0 bridgehead atoms. The van der Waals surface area contributed by atoms with E-state index in [1.165, 1.54) is 34.9 Å². The van der Waals surface area contributed by atoms with Gasteiger partial charge in [-0.3, -0.25) is 0 Å². The average molecular weight is 443 g/mol. The SMILES string of the molecule is Cc1ccc(S(=O)(=O)N2CCN(c3cc(Oc4ccc(F)cc4)ncn3)CC2C)cc1. The number of aryl methyl sites for hydroxylation is 1. The lowest BCUT2D eigenvalue weighted by molar-refractivity contribution is 0.305. The Labute approximate surface area is 181 Å². The Kier molecular flexibility index (Phi) is 5.88. The zero-order valence-corrected chi connectivity index (χ0v) is 18.1. The van der Waals surface area contributed by atoms with Gasteiger partial charge in [-0.25, -0.2) is 22.8 Å². The number of aromatic nitrogens is 2. The van der Waals surface area contributed by atoms with Gasteiger partial charge in [0.25, 0.3) is 0 Å². The smallest absolute Gasteiger partial charge is 0.243 e. The van der Waals surface area contributed by atoms with Gasteiger partial charge in [-0.05, 0) is 50.2 Å². The van der Waals surface area contributed by atoms with Crippen molar-refractivity contribution in [2.75, 3.05) is 24.5 Å². The Morgan fingerprint density at radius 2 is 1.74 bits per heavy atom. The summed E-state index contributed by atoms with van der Waals surface area (Å²) in [6.45, 7) is 5.12. The third-order valence-electron chi connectivity index (χ3n) is 5.18. The van der Waals surface area contributed by atoms with Crippen LogP contribution in [-0.2, 0) is 10.0 Å². The molecule has 0 spiro atoms. The molecular formula is C22H23FN4O3S. The second-order valence-electron chi connectivity index (χ2n) is 7.49. The molecular weight excluding hydrogens is 419 g/mol. The Bertz CT molecular complexity index is 1150. The van der Waals surface area contributed by atoms with Crippen LogP contribution in [0.3, 0.4) is 0 Å². The summed E-state index contributed by atoms with van der Waals surface area (Å²) >= 11 is 0. The Morgan fingerprint density at radius 1 is 1.03 bits per heavy atom. The summed E-state index contributed by atoms with van der Waals surface area (Å²) < 4.78 is 46.4. The molecule has 1 fully saturated rings. The van der Waals surface area contributed by atoms with E-state index in [4.69, 9.17) is 4.74 Å². The zero-order valence-electron chi connectivity index (χ0n) is 17.3. The maximum atomic E-state index is 13.1. The van der Waals surface area contributed by atoms with Crippen LogP contribution >= 0.6 is 0 Å². The van der Waals surface area contributed by atoms with E-state index < -0.39 is 10.0 Å². The van der Waals surface area contributed by atoms with Crippen molar-refractivity contribution in [3.8, 4) is 11.6 Å². The number of benzene rings is 2. The molecule has 3 aromatic rings. The minimum Gasteiger partial charge on any atom is -0.439 e. The maximum Gasteiger partial charge on any atom is 0.243 e. The Hall–Kier alpha value is -3.04. The fraction of sp³-hybridized carbons (Fsp3) is 0.273. The van der Waals surface area contributed by atoms with Crippen molar-refractivity contribution in [2.24, 2.45) is 0 Å². The van der Waals surface area contributed by atoms with Crippen LogP contribution in [0.4, 0.5) is 10.2 Å². The van der Waals surface area contributed by atoms with Gasteiger partial charge in [-0.2, -0.15) is 4.31 Å². The second-order valence-corrected chi connectivity index (χ2v) is 9.38. The predicted octanol–water partition coefficient (Wildman–Crippen LogP) is 3.62. The highest BCUT2D eigenvalue weighted by molar-refractivity contribution is 7.89. The molecule has 1 atom stereocenters. The largest absolute Gasteiger partial charge is 0.439 e. The van der Waals surface area contributed by atoms with E-state index in [2.05, 4.69) is 9.97 Å². The number of anilines is 1. The summed E-state index contributed by atoms with van der Waals surface area (Å²) in [5, 5.41) is 0. The summed E-state index contributed by atoms with van der Waals surface area (Å²) in [5.74, 6) is 1.10. The predicted molar refractivity (Wildman–Crippen MR) is 115 cm³/mol. The number of halogens is 1. The number of sulfonamides is 1. The standard InChI is InChI=1S/C22H23FN4O3S/c1-16-3-9-20(10-4-16)31(28,29)27-12-11-26(14-17(27)2)21-13-22(25-15-24-21)30-19-7-5-18(23)6-8-19/h3-10,13,15,17H,11-12,14H2,1-2H3. The van der Waals surface area contributed by atoms with Crippen LogP contribution < -0.4 is 9.64 Å². The summed E-state index contributed by atoms with van der Waals surface area (Å²) in [7, 11) is -3.57. The molecule has 0 radical (unpaired) electrons. The molecule has 1 aliphatic heterocycles. The lowest BCUT2D eigenvalue weighted by Crippen LogP contribution is -2.54. The number of rotatable bonds is 5. The number of ether oxygens (including phenoxy) is 1. The van der Waals surface area contributed by atoms with Crippen LogP contribution in [0.15, 0.2) is 65.8 Å². The quantitative estimate of drug-likeness (QED) is 0.601. The first-order valence-corrected chi connectivity index (χ1v) is 11.4. The highest BCUT2D eigenvalue weighted by Gasteiger charge is 2.34. The summed E-state index contributed by atoms with van der Waals surface area (Å²) in [5.41, 5.74) is 1.01. The lowest BCUT2D eigenvalue weighted by Gasteiger charge is -2.39. The fourth-order valence-electron chi connectivity index (χ4n) is 3.53. The summed E-state index contributed by atoms with van der Waals surface area (Å²) in [6, 6.07) is 14.0. The number of hydrogen-bond acceptors (Lipinski definition) is 6. The molecule has 0 amide bonds. The highest BCUT2D eigenvalue weighted by atomic mass is 32.2. The van der Waals surface area contributed by atoms with Gasteiger partial charge < -0.3 is 9.64 Å².